The molecule has 0 atom stereocenters. The van der Waals surface area contributed by atoms with Gasteiger partial charge in [-0.1, -0.05) is 5.16 Å². The van der Waals surface area contributed by atoms with Crippen LogP contribution < -0.4 is 11.1 Å². The van der Waals surface area contributed by atoms with Gasteiger partial charge in [-0.15, -0.1) is 0 Å². The van der Waals surface area contributed by atoms with Crippen LogP contribution in [0.15, 0.2) is 4.52 Å². The molecule has 0 saturated carbocycles. The van der Waals surface area contributed by atoms with E-state index in [1.165, 1.54) is 6.92 Å². The topological polar surface area (TPSA) is 101 Å². The molecule has 7 nitrogen and oxygen atoms in total. The third kappa shape index (κ3) is 2.14. The van der Waals surface area contributed by atoms with Crippen molar-refractivity contribution < 1.29 is 14.1 Å². The molecule has 0 aliphatic carbocycles. The number of nitrogens with two attached hydrogens (primary N) is 1. The molecule has 2 heterocycles. The number of Topliss-reactive ketones (excluding diaryl/α,β-unsaturated/α-hetero) is 1. The third-order valence-corrected chi connectivity index (χ3v) is 2.65. The van der Waals surface area contributed by atoms with E-state index in [2.05, 4.69) is 10.5 Å². The highest BCUT2D eigenvalue weighted by Crippen LogP contribution is 2.19. The molecule has 0 bridgehead atoms. The molecule has 92 valence electrons. The lowest BCUT2D eigenvalue weighted by Gasteiger charge is -2.26. The second-order valence-corrected chi connectivity index (χ2v) is 3.87. The molecule has 1 aromatic heterocycles. The zero-order chi connectivity index (χ0) is 12.4. The van der Waals surface area contributed by atoms with Crippen LogP contribution >= 0.6 is 0 Å². The molecule has 1 fully saturated rings. The zero-order valence-electron chi connectivity index (χ0n) is 9.52. The first-order valence-electron chi connectivity index (χ1n) is 5.37. The van der Waals surface area contributed by atoms with Crippen LogP contribution in [-0.4, -0.2) is 47.9 Å². The van der Waals surface area contributed by atoms with E-state index in [4.69, 9.17) is 10.3 Å². The maximum absolute atomic E-state index is 12.0. The zero-order valence-corrected chi connectivity index (χ0v) is 9.52. The summed E-state index contributed by atoms with van der Waals surface area (Å²) >= 11 is 0. The standard InChI is InChI=1S/C10H14N4O3/c1-6(15)9-7(11)8(13-17-9)10(16)14-4-2-12-3-5-14/h12H,2-5,11H2,1H3. The summed E-state index contributed by atoms with van der Waals surface area (Å²) in [7, 11) is 0. The van der Waals surface area contributed by atoms with Crippen LogP contribution in [-0.2, 0) is 0 Å². The Morgan fingerprint density at radius 2 is 2.06 bits per heavy atom. The average molecular weight is 238 g/mol. The highest BCUT2D eigenvalue weighted by atomic mass is 16.5. The number of nitrogens with one attached hydrogen (secondary N) is 1. The monoisotopic (exact) mass is 238 g/mol. The van der Waals surface area contributed by atoms with Crippen molar-refractivity contribution in [2.75, 3.05) is 31.9 Å². The summed E-state index contributed by atoms with van der Waals surface area (Å²) < 4.78 is 4.78. The van der Waals surface area contributed by atoms with Gasteiger partial charge < -0.3 is 20.5 Å². The molecule has 3 N–H and O–H groups in total. The molecule has 1 amide bonds. The van der Waals surface area contributed by atoms with E-state index < -0.39 is 0 Å². The van der Waals surface area contributed by atoms with Crippen molar-refractivity contribution in [3.05, 3.63) is 11.5 Å². The SMILES string of the molecule is CC(=O)c1onc(C(=O)N2CCNCC2)c1N. The highest BCUT2D eigenvalue weighted by molar-refractivity contribution is 6.04. The fourth-order valence-corrected chi connectivity index (χ4v) is 1.72. The Balaban J connectivity index is 2.21. The maximum atomic E-state index is 12.0. The molecule has 0 spiro atoms. The Morgan fingerprint density at radius 1 is 1.41 bits per heavy atom. The molecular formula is C10H14N4O3. The Hall–Kier alpha value is -1.89. The summed E-state index contributed by atoms with van der Waals surface area (Å²) in [5, 5.41) is 6.72. The van der Waals surface area contributed by atoms with Crippen LogP contribution in [0.3, 0.4) is 0 Å². The first-order valence-corrected chi connectivity index (χ1v) is 5.37. The van der Waals surface area contributed by atoms with E-state index in [9.17, 15) is 9.59 Å². The largest absolute Gasteiger partial charge is 0.393 e. The fourth-order valence-electron chi connectivity index (χ4n) is 1.72. The molecule has 0 radical (unpaired) electrons. The smallest absolute Gasteiger partial charge is 0.278 e. The van der Waals surface area contributed by atoms with Gasteiger partial charge in [0.25, 0.3) is 5.91 Å². The van der Waals surface area contributed by atoms with Gasteiger partial charge in [-0.2, -0.15) is 0 Å². The first kappa shape index (κ1) is 11.6. The minimum Gasteiger partial charge on any atom is -0.393 e. The van der Waals surface area contributed by atoms with E-state index >= 15 is 0 Å². The van der Waals surface area contributed by atoms with Crippen LogP contribution in [0.25, 0.3) is 0 Å². The maximum Gasteiger partial charge on any atom is 0.278 e. The number of aromatic nitrogens is 1. The quantitative estimate of drug-likeness (QED) is 0.674. The van der Waals surface area contributed by atoms with E-state index in [0.29, 0.717) is 13.1 Å². The summed E-state index contributed by atoms with van der Waals surface area (Å²) in [6.07, 6.45) is 0. The summed E-state index contributed by atoms with van der Waals surface area (Å²) in [6.45, 7) is 3.99. The van der Waals surface area contributed by atoms with Crippen molar-refractivity contribution in [3.8, 4) is 0 Å². The molecule has 7 heteroatoms. The van der Waals surface area contributed by atoms with Crippen LogP contribution in [0, 0.1) is 0 Å². The van der Waals surface area contributed by atoms with Crippen molar-refractivity contribution in [2.45, 2.75) is 6.92 Å². The van der Waals surface area contributed by atoms with Crippen molar-refractivity contribution in [3.63, 3.8) is 0 Å². The van der Waals surface area contributed by atoms with Gasteiger partial charge >= 0.3 is 0 Å². The number of carbonyl (C=O) groups is 2. The summed E-state index contributed by atoms with van der Waals surface area (Å²) in [5.74, 6) is -0.682. The van der Waals surface area contributed by atoms with Gasteiger partial charge in [0.2, 0.25) is 5.76 Å². The van der Waals surface area contributed by atoms with Crippen LogP contribution in [0.5, 0.6) is 0 Å². The van der Waals surface area contributed by atoms with Crippen molar-refractivity contribution in [2.24, 2.45) is 0 Å². The Kier molecular flexibility index (Phi) is 3.10. The number of hydrogen-bond donors (Lipinski definition) is 2. The predicted octanol–water partition coefficient (Wildman–Crippen LogP) is -0.495. The number of ketones is 1. The number of anilines is 1. The number of amides is 1. The highest BCUT2D eigenvalue weighted by Gasteiger charge is 2.26. The van der Waals surface area contributed by atoms with E-state index in [1.807, 2.05) is 0 Å². The summed E-state index contributed by atoms with van der Waals surface area (Å²) in [5.41, 5.74) is 5.73. The normalized spacial score (nSPS) is 15.9. The van der Waals surface area contributed by atoms with Crippen LogP contribution in [0.4, 0.5) is 5.69 Å². The van der Waals surface area contributed by atoms with E-state index in [1.54, 1.807) is 4.90 Å². The first-order chi connectivity index (χ1) is 8.11. The van der Waals surface area contributed by atoms with Gasteiger partial charge in [0, 0.05) is 33.1 Å². The van der Waals surface area contributed by atoms with Gasteiger partial charge in [0.1, 0.15) is 5.69 Å². The molecule has 0 aromatic carbocycles. The minimum absolute atomic E-state index is 0.0251. The van der Waals surface area contributed by atoms with E-state index in [-0.39, 0.29) is 28.8 Å². The number of rotatable bonds is 2. The van der Waals surface area contributed by atoms with E-state index in [0.717, 1.165) is 13.1 Å². The molecule has 2 rings (SSSR count). The second kappa shape index (κ2) is 4.54. The molecule has 17 heavy (non-hydrogen) atoms. The Bertz CT molecular complexity index is 448. The predicted molar refractivity (Wildman–Crippen MR) is 59.7 cm³/mol. The van der Waals surface area contributed by atoms with Crippen LogP contribution in [0.1, 0.15) is 28.0 Å². The summed E-state index contributed by atoms with van der Waals surface area (Å²) in [4.78, 5) is 24.8. The number of nitrogens with zero attached hydrogens (tertiary/aromatic N) is 2. The van der Waals surface area contributed by atoms with Crippen molar-refractivity contribution in [1.82, 2.24) is 15.4 Å². The molecular weight excluding hydrogens is 224 g/mol. The molecule has 0 unspecified atom stereocenters. The Labute approximate surface area is 97.9 Å². The molecule has 1 aliphatic rings. The third-order valence-electron chi connectivity index (χ3n) is 2.65. The lowest BCUT2D eigenvalue weighted by Crippen LogP contribution is -2.46. The lowest BCUT2D eigenvalue weighted by molar-refractivity contribution is 0.0725. The summed E-state index contributed by atoms with van der Waals surface area (Å²) in [6, 6.07) is 0. The Morgan fingerprint density at radius 3 is 2.59 bits per heavy atom. The molecule has 1 aromatic rings. The molecule has 1 saturated heterocycles. The van der Waals surface area contributed by atoms with Gasteiger partial charge in [-0.3, -0.25) is 9.59 Å². The van der Waals surface area contributed by atoms with Gasteiger partial charge in [0.05, 0.1) is 0 Å². The lowest BCUT2D eigenvalue weighted by atomic mass is 10.2. The van der Waals surface area contributed by atoms with Crippen molar-refractivity contribution >= 4 is 17.4 Å². The minimum atomic E-state index is -0.339. The van der Waals surface area contributed by atoms with Gasteiger partial charge in [-0.05, 0) is 0 Å². The van der Waals surface area contributed by atoms with Crippen molar-refractivity contribution in [1.29, 1.82) is 0 Å². The average Bonchev–Trinajstić information content (AvgIpc) is 2.71. The van der Waals surface area contributed by atoms with Gasteiger partial charge in [0.15, 0.2) is 11.5 Å². The second-order valence-electron chi connectivity index (χ2n) is 3.87. The molecule has 1 aliphatic heterocycles. The number of hydrogen-bond acceptors (Lipinski definition) is 6. The number of carbonyl (C=O) groups excluding carboxylic acids is 2. The fraction of sp³-hybridized carbons (Fsp3) is 0.500. The van der Waals surface area contributed by atoms with Gasteiger partial charge in [-0.25, -0.2) is 0 Å². The number of nitrogen functional groups attached to an aromatic ring is 1. The number of piperazine rings is 1. The van der Waals surface area contributed by atoms with Crippen LogP contribution in [0.2, 0.25) is 0 Å².